The fourth-order valence-electron chi connectivity index (χ4n) is 1.36. The van der Waals surface area contributed by atoms with Crippen LogP contribution in [0.1, 0.15) is 19.8 Å². The highest BCUT2D eigenvalue weighted by molar-refractivity contribution is 4.72. The summed E-state index contributed by atoms with van der Waals surface area (Å²) in [4.78, 5) is 0. The fourth-order valence-corrected chi connectivity index (χ4v) is 1.36. The predicted molar refractivity (Wildman–Crippen MR) is 42.6 cm³/mol. The molecule has 4 nitrogen and oxygen atoms in total. The minimum absolute atomic E-state index is 0.0549. The maximum absolute atomic E-state index is 9.34. The van der Waals surface area contributed by atoms with Gasteiger partial charge in [0, 0.05) is 19.4 Å². The Bertz CT molecular complexity index is 128. The average molecular weight is 176 g/mol. The number of aliphatic hydroxyl groups is 2. The normalized spacial score (nSPS) is 36.8. The molecule has 0 bridgehead atoms. The van der Waals surface area contributed by atoms with Gasteiger partial charge in [0.15, 0.2) is 6.29 Å². The number of aliphatic hydroxyl groups excluding tert-OH is 2. The van der Waals surface area contributed by atoms with Crippen LogP contribution >= 0.6 is 0 Å². The molecule has 1 saturated heterocycles. The molecule has 2 unspecified atom stereocenters. The molecule has 4 heteroatoms. The second kappa shape index (κ2) is 4.77. The maximum atomic E-state index is 9.34. The maximum Gasteiger partial charge on any atom is 0.160 e. The zero-order valence-corrected chi connectivity index (χ0v) is 7.27. The van der Waals surface area contributed by atoms with E-state index < -0.39 is 6.10 Å². The van der Waals surface area contributed by atoms with Crippen LogP contribution in [0.2, 0.25) is 0 Å². The highest BCUT2D eigenvalue weighted by Crippen LogP contribution is 2.19. The van der Waals surface area contributed by atoms with Gasteiger partial charge >= 0.3 is 0 Å². The molecule has 0 aromatic carbocycles. The first-order chi connectivity index (χ1) is 5.76. The second-order valence-corrected chi connectivity index (χ2v) is 2.95. The molecule has 12 heavy (non-hydrogen) atoms. The van der Waals surface area contributed by atoms with Gasteiger partial charge in [-0.3, -0.25) is 0 Å². The van der Waals surface area contributed by atoms with E-state index >= 15 is 0 Å². The third-order valence-corrected chi connectivity index (χ3v) is 1.90. The Morgan fingerprint density at radius 1 is 1.50 bits per heavy atom. The lowest BCUT2D eigenvalue weighted by Crippen LogP contribution is -2.38. The van der Waals surface area contributed by atoms with Gasteiger partial charge in [0.2, 0.25) is 0 Å². The summed E-state index contributed by atoms with van der Waals surface area (Å²) in [5, 5.41) is 18.1. The molecule has 0 amide bonds. The molecule has 0 spiro atoms. The Kier molecular flexibility index (Phi) is 3.94. The van der Waals surface area contributed by atoms with Gasteiger partial charge in [-0.05, 0) is 6.92 Å². The lowest BCUT2D eigenvalue weighted by molar-refractivity contribution is -0.219. The molecule has 72 valence electrons. The van der Waals surface area contributed by atoms with Crippen LogP contribution in [0.3, 0.4) is 0 Å². The van der Waals surface area contributed by atoms with Crippen LogP contribution in [0.15, 0.2) is 0 Å². The summed E-state index contributed by atoms with van der Waals surface area (Å²) in [6.45, 7) is 2.38. The van der Waals surface area contributed by atoms with Gasteiger partial charge in [0.1, 0.15) is 0 Å². The van der Waals surface area contributed by atoms with Crippen LogP contribution < -0.4 is 0 Å². The topological polar surface area (TPSA) is 58.9 Å². The summed E-state index contributed by atoms with van der Waals surface area (Å²) in [6.07, 6.45) is -0.0293. The van der Waals surface area contributed by atoms with Crippen molar-refractivity contribution in [2.45, 2.75) is 38.3 Å². The van der Waals surface area contributed by atoms with Crippen LogP contribution in [0.4, 0.5) is 0 Å². The number of ether oxygens (including phenoxy) is 2. The van der Waals surface area contributed by atoms with Crippen molar-refractivity contribution in [3.8, 4) is 0 Å². The van der Waals surface area contributed by atoms with Crippen molar-refractivity contribution >= 4 is 0 Å². The number of rotatable bonds is 3. The monoisotopic (exact) mass is 176 g/mol. The van der Waals surface area contributed by atoms with Crippen molar-refractivity contribution in [1.82, 2.24) is 0 Å². The Balaban J connectivity index is 2.34. The molecular formula is C8H16O4. The number of hydrogen-bond acceptors (Lipinski definition) is 4. The van der Waals surface area contributed by atoms with E-state index in [4.69, 9.17) is 14.6 Å². The van der Waals surface area contributed by atoms with E-state index in [2.05, 4.69) is 0 Å². The summed E-state index contributed by atoms with van der Waals surface area (Å²) < 4.78 is 10.5. The van der Waals surface area contributed by atoms with Crippen molar-refractivity contribution in [2.75, 3.05) is 13.2 Å². The minimum Gasteiger partial charge on any atom is -0.394 e. The van der Waals surface area contributed by atoms with Gasteiger partial charge in [-0.1, -0.05) is 0 Å². The van der Waals surface area contributed by atoms with Gasteiger partial charge < -0.3 is 19.7 Å². The first-order valence-corrected chi connectivity index (χ1v) is 4.32. The largest absolute Gasteiger partial charge is 0.394 e. The van der Waals surface area contributed by atoms with E-state index in [1.54, 1.807) is 0 Å². The summed E-state index contributed by atoms with van der Waals surface area (Å²) >= 11 is 0. The summed E-state index contributed by atoms with van der Waals surface area (Å²) in [5.41, 5.74) is 0. The van der Waals surface area contributed by atoms with Gasteiger partial charge in [-0.2, -0.15) is 0 Å². The van der Waals surface area contributed by atoms with E-state index in [9.17, 15) is 5.11 Å². The molecule has 1 aliphatic rings. The van der Waals surface area contributed by atoms with Crippen LogP contribution in [0.25, 0.3) is 0 Å². The molecule has 1 rings (SSSR count). The lowest BCUT2D eigenvalue weighted by Gasteiger charge is -2.31. The highest BCUT2D eigenvalue weighted by atomic mass is 16.7. The van der Waals surface area contributed by atoms with Crippen LogP contribution in [0, 0.1) is 0 Å². The number of hydrogen-bond donors (Lipinski definition) is 2. The van der Waals surface area contributed by atoms with Crippen LogP contribution in [0.5, 0.6) is 0 Å². The lowest BCUT2D eigenvalue weighted by atomic mass is 10.1. The smallest absolute Gasteiger partial charge is 0.160 e. The molecule has 0 aromatic heterocycles. The summed E-state index contributed by atoms with van der Waals surface area (Å²) in [6, 6.07) is 0. The highest BCUT2D eigenvalue weighted by Gasteiger charge is 2.27. The van der Waals surface area contributed by atoms with Crippen molar-refractivity contribution in [2.24, 2.45) is 0 Å². The van der Waals surface area contributed by atoms with Gasteiger partial charge in [-0.25, -0.2) is 0 Å². The third kappa shape index (κ3) is 2.71. The summed E-state index contributed by atoms with van der Waals surface area (Å²) in [5.74, 6) is 0. The fraction of sp³-hybridized carbons (Fsp3) is 1.00. The van der Waals surface area contributed by atoms with Crippen LogP contribution in [-0.2, 0) is 9.47 Å². The Hall–Kier alpha value is -0.160. The third-order valence-electron chi connectivity index (χ3n) is 1.90. The zero-order chi connectivity index (χ0) is 8.97. The van der Waals surface area contributed by atoms with Gasteiger partial charge in [-0.15, -0.1) is 0 Å². The Morgan fingerprint density at radius 3 is 2.83 bits per heavy atom. The molecule has 1 fully saturated rings. The Labute approximate surface area is 72.1 Å². The molecule has 3 atom stereocenters. The van der Waals surface area contributed by atoms with Crippen molar-refractivity contribution in [3.05, 3.63) is 0 Å². The van der Waals surface area contributed by atoms with E-state index in [0.717, 1.165) is 0 Å². The van der Waals surface area contributed by atoms with Crippen molar-refractivity contribution in [1.29, 1.82) is 0 Å². The molecule has 0 aromatic rings. The van der Waals surface area contributed by atoms with Crippen molar-refractivity contribution < 1.29 is 19.7 Å². The minimum atomic E-state index is -0.410. The molecule has 2 N–H and O–H groups in total. The van der Waals surface area contributed by atoms with E-state index in [1.165, 1.54) is 0 Å². The van der Waals surface area contributed by atoms with Crippen LogP contribution in [-0.4, -0.2) is 41.9 Å². The standard InChI is InChI=1S/C8H16O4/c1-2-11-8-4-6(10)3-7(5-9)12-8/h6-10H,2-5H2,1H3/t6-,7?,8?/m0/s1. The van der Waals surface area contributed by atoms with Crippen molar-refractivity contribution in [3.63, 3.8) is 0 Å². The Morgan fingerprint density at radius 2 is 2.25 bits per heavy atom. The van der Waals surface area contributed by atoms with E-state index in [1.807, 2.05) is 6.92 Å². The first kappa shape index (κ1) is 9.92. The quantitative estimate of drug-likeness (QED) is 0.629. The second-order valence-electron chi connectivity index (χ2n) is 2.95. The predicted octanol–water partition coefficient (Wildman–Crippen LogP) is -0.119. The SMILES string of the molecule is CCOC1C[C@@H](O)CC(CO)O1. The molecule has 1 heterocycles. The van der Waals surface area contributed by atoms with E-state index in [0.29, 0.717) is 19.4 Å². The van der Waals surface area contributed by atoms with Gasteiger partial charge in [0.25, 0.3) is 0 Å². The van der Waals surface area contributed by atoms with Gasteiger partial charge in [0.05, 0.1) is 18.8 Å². The molecule has 0 saturated carbocycles. The molecular weight excluding hydrogens is 160 g/mol. The molecule has 0 radical (unpaired) electrons. The first-order valence-electron chi connectivity index (χ1n) is 4.32. The summed E-state index contributed by atoms with van der Waals surface area (Å²) in [7, 11) is 0. The van der Waals surface area contributed by atoms with E-state index in [-0.39, 0.29) is 19.0 Å². The average Bonchev–Trinajstić information content (AvgIpc) is 2.04. The zero-order valence-electron chi connectivity index (χ0n) is 7.27. The molecule has 0 aliphatic carbocycles. The molecule has 1 aliphatic heterocycles.